The van der Waals surface area contributed by atoms with Gasteiger partial charge in [0.05, 0.1) is 11.1 Å². The van der Waals surface area contributed by atoms with Crippen molar-refractivity contribution in [2.75, 3.05) is 6.61 Å². The molecule has 1 fully saturated rings. The molecular formula is C15H17N3O3. The van der Waals surface area contributed by atoms with Crippen molar-refractivity contribution in [1.82, 2.24) is 15.6 Å². The van der Waals surface area contributed by atoms with Gasteiger partial charge >= 0.3 is 0 Å². The Morgan fingerprint density at radius 3 is 2.95 bits per heavy atom. The number of amides is 2. The predicted molar refractivity (Wildman–Crippen MR) is 76.3 cm³/mol. The van der Waals surface area contributed by atoms with Crippen LogP contribution in [0.5, 0.6) is 0 Å². The molecule has 1 aromatic rings. The number of rotatable bonds is 4. The molecule has 21 heavy (non-hydrogen) atoms. The maximum absolute atomic E-state index is 12.2. The van der Waals surface area contributed by atoms with Crippen molar-refractivity contribution in [2.45, 2.75) is 31.8 Å². The van der Waals surface area contributed by atoms with E-state index in [-0.39, 0.29) is 18.6 Å². The van der Waals surface area contributed by atoms with Crippen LogP contribution in [-0.4, -0.2) is 40.6 Å². The van der Waals surface area contributed by atoms with Crippen LogP contribution in [0.3, 0.4) is 0 Å². The molecule has 3 N–H and O–H groups in total. The van der Waals surface area contributed by atoms with E-state index in [1.54, 1.807) is 6.92 Å². The number of aliphatic hydroxyl groups excluding tert-OH is 1. The second kappa shape index (κ2) is 6.86. The number of carbonyl (C=O) groups excluding carboxylic acids is 2. The molecule has 0 bridgehead atoms. The highest BCUT2D eigenvalue weighted by molar-refractivity contribution is 5.99. The first-order valence-corrected chi connectivity index (χ1v) is 6.76. The Morgan fingerprint density at radius 2 is 2.29 bits per heavy atom. The van der Waals surface area contributed by atoms with Gasteiger partial charge in [-0.15, -0.1) is 0 Å². The van der Waals surface area contributed by atoms with E-state index >= 15 is 0 Å². The van der Waals surface area contributed by atoms with Crippen LogP contribution in [0, 0.1) is 11.8 Å². The highest BCUT2D eigenvalue weighted by Crippen LogP contribution is 2.18. The quantitative estimate of drug-likeness (QED) is 0.670. The maximum atomic E-state index is 12.2. The summed E-state index contributed by atoms with van der Waals surface area (Å²) in [5.74, 6) is 4.56. The van der Waals surface area contributed by atoms with Crippen LogP contribution < -0.4 is 10.6 Å². The molecule has 0 spiro atoms. The maximum Gasteiger partial charge on any atom is 0.253 e. The van der Waals surface area contributed by atoms with E-state index in [0.717, 1.165) is 12.8 Å². The minimum atomic E-state index is -0.620. The van der Waals surface area contributed by atoms with Gasteiger partial charge < -0.3 is 15.7 Å². The zero-order valence-corrected chi connectivity index (χ0v) is 11.7. The Bertz CT molecular complexity index is 600. The van der Waals surface area contributed by atoms with Crippen LogP contribution in [0.4, 0.5) is 0 Å². The fraction of sp³-hybridized carbons (Fsp3) is 0.400. The molecule has 1 aliphatic rings. The van der Waals surface area contributed by atoms with Crippen molar-refractivity contribution >= 4 is 11.8 Å². The van der Waals surface area contributed by atoms with Gasteiger partial charge in [-0.1, -0.05) is 11.8 Å². The van der Waals surface area contributed by atoms with Crippen LogP contribution in [0.15, 0.2) is 18.5 Å². The highest BCUT2D eigenvalue weighted by atomic mass is 16.2. The van der Waals surface area contributed by atoms with E-state index < -0.39 is 11.9 Å². The number of aliphatic hydroxyl groups is 1. The van der Waals surface area contributed by atoms with E-state index in [1.807, 2.05) is 0 Å². The molecule has 1 aliphatic carbocycles. The summed E-state index contributed by atoms with van der Waals surface area (Å²) in [7, 11) is 0. The normalized spacial score (nSPS) is 14.6. The first kappa shape index (κ1) is 15.0. The summed E-state index contributed by atoms with van der Waals surface area (Å²) in [6.07, 6.45) is 4.93. The van der Waals surface area contributed by atoms with Crippen LogP contribution in [-0.2, 0) is 4.79 Å². The van der Waals surface area contributed by atoms with Crippen LogP contribution in [0.2, 0.25) is 0 Å². The van der Waals surface area contributed by atoms with E-state index in [1.165, 1.54) is 18.5 Å². The minimum Gasteiger partial charge on any atom is -0.384 e. The topological polar surface area (TPSA) is 91.3 Å². The largest absolute Gasteiger partial charge is 0.384 e. The number of aromatic nitrogens is 1. The van der Waals surface area contributed by atoms with Gasteiger partial charge in [0.2, 0.25) is 5.91 Å². The molecule has 0 aromatic carbocycles. The van der Waals surface area contributed by atoms with E-state index in [2.05, 4.69) is 27.5 Å². The number of hydrogen-bond acceptors (Lipinski definition) is 4. The number of nitrogens with one attached hydrogen (secondary N) is 2. The van der Waals surface area contributed by atoms with Gasteiger partial charge in [-0.3, -0.25) is 14.6 Å². The molecule has 0 radical (unpaired) electrons. The van der Waals surface area contributed by atoms with Crippen LogP contribution >= 0.6 is 0 Å². The Hall–Kier alpha value is -2.39. The van der Waals surface area contributed by atoms with Gasteiger partial charge in [0.1, 0.15) is 12.6 Å². The number of pyridine rings is 1. The standard InChI is InChI=1S/C15H17N3O3/c1-10(14(20)18-12-4-5-12)17-15(21)13-6-7-16-9-11(13)3-2-8-19/h6-7,9-10,12,19H,4-5,8H2,1H3,(H,17,21)(H,18,20). The first-order chi connectivity index (χ1) is 10.1. The van der Waals surface area contributed by atoms with Crippen molar-refractivity contribution in [3.05, 3.63) is 29.6 Å². The smallest absolute Gasteiger partial charge is 0.253 e. The third-order valence-electron chi connectivity index (χ3n) is 3.03. The summed E-state index contributed by atoms with van der Waals surface area (Å²) in [5, 5.41) is 14.2. The highest BCUT2D eigenvalue weighted by Gasteiger charge is 2.26. The average Bonchev–Trinajstić information content (AvgIpc) is 3.29. The molecule has 1 heterocycles. The summed E-state index contributed by atoms with van der Waals surface area (Å²) < 4.78 is 0. The lowest BCUT2D eigenvalue weighted by molar-refractivity contribution is -0.122. The summed E-state index contributed by atoms with van der Waals surface area (Å²) in [5.41, 5.74) is 0.746. The lowest BCUT2D eigenvalue weighted by Gasteiger charge is -2.14. The average molecular weight is 287 g/mol. The molecule has 1 saturated carbocycles. The van der Waals surface area contributed by atoms with E-state index in [4.69, 9.17) is 5.11 Å². The zero-order valence-electron chi connectivity index (χ0n) is 11.7. The van der Waals surface area contributed by atoms with Gasteiger partial charge in [-0.2, -0.15) is 0 Å². The van der Waals surface area contributed by atoms with Crippen LogP contribution in [0.25, 0.3) is 0 Å². The zero-order chi connectivity index (χ0) is 15.2. The molecule has 6 heteroatoms. The molecule has 1 unspecified atom stereocenters. The molecule has 1 atom stereocenters. The van der Waals surface area contributed by atoms with E-state index in [9.17, 15) is 9.59 Å². The van der Waals surface area contributed by atoms with Crippen molar-refractivity contribution in [2.24, 2.45) is 0 Å². The molecule has 0 aliphatic heterocycles. The monoisotopic (exact) mass is 287 g/mol. The number of carbonyl (C=O) groups is 2. The second-order valence-corrected chi connectivity index (χ2v) is 4.86. The Balaban J connectivity index is 2.03. The van der Waals surface area contributed by atoms with Gasteiger partial charge in [0.25, 0.3) is 5.91 Å². The van der Waals surface area contributed by atoms with Gasteiger partial charge in [0, 0.05) is 18.4 Å². The van der Waals surface area contributed by atoms with Gasteiger partial charge in [-0.05, 0) is 25.8 Å². The van der Waals surface area contributed by atoms with Crippen molar-refractivity contribution in [3.63, 3.8) is 0 Å². The Kier molecular flexibility index (Phi) is 4.90. The van der Waals surface area contributed by atoms with Crippen molar-refractivity contribution < 1.29 is 14.7 Å². The molecule has 1 aromatic heterocycles. The SMILES string of the molecule is CC(NC(=O)c1ccncc1C#CCO)C(=O)NC1CC1. The fourth-order valence-electron chi connectivity index (χ4n) is 1.72. The lowest BCUT2D eigenvalue weighted by Crippen LogP contribution is -2.45. The summed E-state index contributed by atoms with van der Waals surface area (Å²) in [6, 6.07) is 1.16. The summed E-state index contributed by atoms with van der Waals surface area (Å²) in [6.45, 7) is 1.34. The number of hydrogen-bond donors (Lipinski definition) is 3. The first-order valence-electron chi connectivity index (χ1n) is 6.76. The molecule has 6 nitrogen and oxygen atoms in total. The Labute approximate surface area is 123 Å². The summed E-state index contributed by atoms with van der Waals surface area (Å²) in [4.78, 5) is 27.9. The second-order valence-electron chi connectivity index (χ2n) is 4.86. The Morgan fingerprint density at radius 1 is 1.52 bits per heavy atom. The van der Waals surface area contributed by atoms with Gasteiger partial charge in [-0.25, -0.2) is 0 Å². The minimum absolute atomic E-state index is 0.192. The third-order valence-corrected chi connectivity index (χ3v) is 3.03. The fourth-order valence-corrected chi connectivity index (χ4v) is 1.72. The van der Waals surface area contributed by atoms with E-state index in [0.29, 0.717) is 11.1 Å². The van der Waals surface area contributed by atoms with Crippen molar-refractivity contribution in [1.29, 1.82) is 0 Å². The molecule has 0 saturated heterocycles. The lowest BCUT2D eigenvalue weighted by atomic mass is 10.1. The predicted octanol–water partition coefficient (Wildman–Crippen LogP) is -0.178. The molecular weight excluding hydrogens is 270 g/mol. The molecule has 110 valence electrons. The molecule has 2 amide bonds. The third kappa shape index (κ3) is 4.29. The summed E-state index contributed by atoms with van der Waals surface area (Å²) >= 11 is 0. The number of nitrogens with zero attached hydrogens (tertiary/aromatic N) is 1. The van der Waals surface area contributed by atoms with Crippen molar-refractivity contribution in [3.8, 4) is 11.8 Å². The van der Waals surface area contributed by atoms with Gasteiger partial charge in [0.15, 0.2) is 0 Å². The van der Waals surface area contributed by atoms with Crippen LogP contribution in [0.1, 0.15) is 35.7 Å². The molecule has 2 rings (SSSR count).